The van der Waals surface area contributed by atoms with Gasteiger partial charge in [0.05, 0.1) is 5.97 Å². The first-order valence-corrected chi connectivity index (χ1v) is 8.45. The average molecular weight is 437 g/mol. The van der Waals surface area contributed by atoms with E-state index < -0.39 is 50.2 Å². The number of hydrogen-bond donors (Lipinski definition) is 2. The Hall–Kier alpha value is -0.780. The largest absolute Gasteiger partial charge is 1.00 e. The summed E-state index contributed by atoms with van der Waals surface area (Å²) in [6.07, 6.45) is 0. The van der Waals surface area contributed by atoms with Crippen LogP contribution in [-0.4, -0.2) is 64.9 Å². The van der Waals surface area contributed by atoms with Crippen LogP contribution in [0.2, 0.25) is 0 Å². The second kappa shape index (κ2) is 10.1. The van der Waals surface area contributed by atoms with Crippen LogP contribution in [0.3, 0.4) is 0 Å². The summed E-state index contributed by atoms with van der Waals surface area (Å²) in [5.41, 5.74) is 4.97. The fourth-order valence-corrected chi connectivity index (χ4v) is 3.35. The van der Waals surface area contributed by atoms with E-state index in [1.54, 1.807) is 0 Å². The van der Waals surface area contributed by atoms with Gasteiger partial charge in [-0.15, -0.1) is 11.3 Å². The van der Waals surface area contributed by atoms with E-state index in [9.17, 15) is 32.5 Å². The number of nitrogens with two attached hydrogens (primary N) is 1. The first-order chi connectivity index (χ1) is 11.6. The molecule has 136 valence electrons. The van der Waals surface area contributed by atoms with Crippen molar-refractivity contribution in [3.63, 3.8) is 0 Å². The minimum atomic E-state index is -5.38. The summed E-state index contributed by atoms with van der Waals surface area (Å²) in [6, 6.07) is -4.01. The molecule has 1 aliphatic rings. The maximum absolute atomic E-state index is 12.2. The summed E-state index contributed by atoms with van der Waals surface area (Å²) in [5.74, 6) is -4.56. The number of β-lactam (4-membered cyclic amide) rings is 1. The molecule has 17 heteroatoms. The molecular formula is C10H9N5Na2O8S2. The number of thiazole rings is 1. The third kappa shape index (κ3) is 5.61. The molecule has 3 N–H and O–H groups in total. The van der Waals surface area contributed by atoms with Crippen LogP contribution in [0, 0.1) is 0 Å². The number of oxime groups is 1. The number of anilines is 1. The normalized spacial score (nSPS) is 19.3. The molecule has 0 bridgehead atoms. The van der Waals surface area contributed by atoms with Crippen molar-refractivity contribution in [3.05, 3.63) is 11.1 Å². The number of amides is 2. The fourth-order valence-electron chi connectivity index (χ4n) is 1.99. The fraction of sp³-hybridized carbons (Fsp3) is 0.300. The standard InChI is InChI=1S/C10H11N5O8S2.2Na/c1-23-14-4(3-2-24-10(11)12-3)7(16)13-5-6(9(18)19)15(8(5)17)25(20,21)22;;/h2,5-6H,1H3,(H2,11,12)(H,13,16)(H,18,19)(H,20,21,22);;/q;2*+1/p-2/t5-,6-;;/m1../s1. The Bertz CT molecular complexity index is 873. The van der Waals surface area contributed by atoms with Crippen LogP contribution in [0.4, 0.5) is 5.13 Å². The van der Waals surface area contributed by atoms with E-state index in [1.165, 1.54) is 5.38 Å². The summed E-state index contributed by atoms with van der Waals surface area (Å²) < 4.78 is 32.3. The summed E-state index contributed by atoms with van der Waals surface area (Å²) in [7, 11) is -4.26. The van der Waals surface area contributed by atoms with E-state index in [-0.39, 0.29) is 69.9 Å². The van der Waals surface area contributed by atoms with Gasteiger partial charge in [0.1, 0.15) is 24.9 Å². The van der Waals surface area contributed by atoms with Gasteiger partial charge in [0.2, 0.25) is 0 Å². The average Bonchev–Trinajstić information content (AvgIpc) is 2.91. The van der Waals surface area contributed by atoms with Gasteiger partial charge in [0.25, 0.3) is 11.8 Å². The summed E-state index contributed by atoms with van der Waals surface area (Å²) in [6.45, 7) is 0. The van der Waals surface area contributed by atoms with Crippen molar-refractivity contribution in [2.75, 3.05) is 12.8 Å². The molecule has 2 heterocycles. The van der Waals surface area contributed by atoms with Gasteiger partial charge in [0.15, 0.2) is 21.1 Å². The first kappa shape index (κ1) is 26.2. The Morgan fingerprint density at radius 3 is 2.44 bits per heavy atom. The maximum atomic E-state index is 12.2. The van der Waals surface area contributed by atoms with Gasteiger partial charge in [-0.25, -0.2) is 17.7 Å². The minimum absolute atomic E-state index is 0. The molecule has 0 aromatic carbocycles. The van der Waals surface area contributed by atoms with Gasteiger partial charge >= 0.3 is 59.1 Å². The zero-order chi connectivity index (χ0) is 18.9. The van der Waals surface area contributed by atoms with Crippen LogP contribution in [-0.2, 0) is 29.5 Å². The molecule has 1 aliphatic heterocycles. The molecule has 1 aromatic rings. The zero-order valence-electron chi connectivity index (χ0n) is 14.2. The number of hydrogen-bond acceptors (Lipinski definition) is 12. The smallest absolute Gasteiger partial charge is 0.731 e. The third-order valence-electron chi connectivity index (χ3n) is 2.98. The molecule has 0 spiro atoms. The molecular weight excluding hydrogens is 428 g/mol. The molecule has 27 heavy (non-hydrogen) atoms. The molecule has 0 unspecified atom stereocenters. The minimum Gasteiger partial charge on any atom is -0.731 e. The number of nitrogen functional groups attached to an aromatic ring is 1. The van der Waals surface area contributed by atoms with Crippen LogP contribution in [0.1, 0.15) is 5.69 Å². The number of carbonyl (C=O) groups is 3. The predicted molar refractivity (Wildman–Crippen MR) is 77.3 cm³/mol. The van der Waals surface area contributed by atoms with Crippen molar-refractivity contribution in [2.45, 2.75) is 12.1 Å². The molecule has 2 atom stereocenters. The number of carboxylic acid groups (broad SMARTS) is 1. The van der Waals surface area contributed by atoms with Crippen molar-refractivity contribution >= 4 is 50.3 Å². The van der Waals surface area contributed by atoms with Crippen molar-refractivity contribution in [3.8, 4) is 0 Å². The van der Waals surface area contributed by atoms with Crippen LogP contribution in [0.15, 0.2) is 10.5 Å². The van der Waals surface area contributed by atoms with E-state index in [0.29, 0.717) is 0 Å². The number of carboxylic acids is 1. The first-order valence-electron chi connectivity index (χ1n) is 6.21. The van der Waals surface area contributed by atoms with E-state index in [1.807, 2.05) is 5.32 Å². The van der Waals surface area contributed by atoms with Gasteiger partial charge in [-0.05, 0) is 0 Å². The van der Waals surface area contributed by atoms with Crippen LogP contribution < -0.4 is 75.3 Å². The zero-order valence-corrected chi connectivity index (χ0v) is 19.9. The van der Waals surface area contributed by atoms with Crippen molar-refractivity contribution < 1.29 is 96.4 Å². The van der Waals surface area contributed by atoms with E-state index in [0.717, 1.165) is 18.4 Å². The number of nitrogens with zero attached hydrogens (tertiary/aromatic N) is 3. The molecule has 0 radical (unpaired) electrons. The van der Waals surface area contributed by atoms with Crippen molar-refractivity contribution in [1.82, 2.24) is 14.6 Å². The maximum Gasteiger partial charge on any atom is 1.00 e. The van der Waals surface area contributed by atoms with Gasteiger partial charge in [-0.1, -0.05) is 5.16 Å². The van der Waals surface area contributed by atoms with E-state index in [4.69, 9.17) is 5.73 Å². The Morgan fingerprint density at radius 2 is 2.04 bits per heavy atom. The third-order valence-corrected chi connectivity index (χ3v) is 4.55. The quantitative estimate of drug-likeness (QED) is 0.141. The van der Waals surface area contributed by atoms with Gasteiger partial charge < -0.3 is 30.3 Å². The second-order valence-corrected chi connectivity index (χ2v) is 6.64. The molecule has 0 saturated carbocycles. The molecule has 1 fully saturated rings. The van der Waals surface area contributed by atoms with E-state index in [2.05, 4.69) is 15.0 Å². The van der Waals surface area contributed by atoms with Crippen LogP contribution in [0.25, 0.3) is 0 Å². The number of rotatable bonds is 6. The molecule has 2 amide bonds. The Morgan fingerprint density at radius 1 is 1.44 bits per heavy atom. The second-order valence-electron chi connectivity index (χ2n) is 4.50. The molecule has 2 rings (SSSR count). The Labute approximate surface area is 200 Å². The number of aromatic nitrogens is 1. The molecule has 0 aliphatic carbocycles. The van der Waals surface area contributed by atoms with E-state index >= 15 is 0 Å². The molecule has 1 saturated heterocycles. The Kier molecular flexibility index (Phi) is 9.84. The Balaban J connectivity index is 0.00000338. The van der Waals surface area contributed by atoms with Crippen LogP contribution in [0.5, 0.6) is 0 Å². The summed E-state index contributed by atoms with van der Waals surface area (Å²) in [5, 5.41) is 17.8. The number of aliphatic carboxylic acids is 1. The SMILES string of the molecule is CON=C(C(=O)N[C@H]1C(=O)N(S(=O)(=O)[O-])[C@H]1C(=O)[O-])c1csc(N)n1.[Na+].[Na+]. The monoisotopic (exact) mass is 437 g/mol. The number of carbonyl (C=O) groups excluding carboxylic acids is 3. The van der Waals surface area contributed by atoms with Crippen molar-refractivity contribution in [1.29, 1.82) is 0 Å². The van der Waals surface area contributed by atoms with Gasteiger partial charge in [-0.2, -0.15) is 0 Å². The molecule has 1 aromatic heterocycles. The van der Waals surface area contributed by atoms with Gasteiger partial charge in [0, 0.05) is 5.38 Å². The summed E-state index contributed by atoms with van der Waals surface area (Å²) in [4.78, 5) is 43.2. The molecule has 13 nitrogen and oxygen atoms in total. The summed E-state index contributed by atoms with van der Waals surface area (Å²) >= 11 is 0.975. The van der Waals surface area contributed by atoms with Gasteiger partial charge in [-0.3, -0.25) is 9.59 Å². The topological polar surface area (TPSA) is 207 Å². The van der Waals surface area contributed by atoms with Crippen LogP contribution >= 0.6 is 11.3 Å². The van der Waals surface area contributed by atoms with Crippen molar-refractivity contribution in [2.24, 2.45) is 5.16 Å². The predicted octanol–water partition coefficient (Wildman–Crippen LogP) is -10.0. The number of nitrogens with one attached hydrogen (secondary N) is 1.